The molecule has 0 radical (unpaired) electrons. The fourth-order valence-electron chi connectivity index (χ4n) is 4.65. The van der Waals surface area contributed by atoms with Gasteiger partial charge >= 0.3 is 0 Å². The number of hydrogen-bond donors (Lipinski definition) is 1. The first-order valence-electron chi connectivity index (χ1n) is 11.8. The Morgan fingerprint density at radius 1 is 1.18 bits per heavy atom. The summed E-state index contributed by atoms with van der Waals surface area (Å²) in [6.07, 6.45) is 1.85. The molecule has 186 valence electrons. The second-order valence-electron chi connectivity index (χ2n) is 9.19. The van der Waals surface area contributed by atoms with Crippen molar-refractivity contribution in [2.75, 3.05) is 78.1 Å². The van der Waals surface area contributed by atoms with Gasteiger partial charge in [-0.15, -0.1) is 0 Å². The maximum absolute atomic E-state index is 13.2. The summed E-state index contributed by atoms with van der Waals surface area (Å²) in [7, 11) is 3.65. The van der Waals surface area contributed by atoms with E-state index in [4.69, 9.17) is 14.2 Å². The third-order valence-corrected chi connectivity index (χ3v) is 6.38. The SMILES string of the molecule is COc1cc(CN(C)C[C@]2(O)CCN(c3ccc(F)cn3)C2)ccc1OCCN1CCOCC1. The molecule has 0 unspecified atom stereocenters. The molecule has 1 aromatic carbocycles. The first kappa shape index (κ1) is 24.7. The first-order valence-corrected chi connectivity index (χ1v) is 11.8. The third kappa shape index (κ3) is 6.56. The highest BCUT2D eigenvalue weighted by molar-refractivity contribution is 5.43. The number of nitrogens with zero attached hydrogens (tertiary/aromatic N) is 4. The number of benzene rings is 1. The summed E-state index contributed by atoms with van der Waals surface area (Å²) in [6.45, 7) is 7.24. The van der Waals surface area contributed by atoms with Crippen molar-refractivity contribution in [2.45, 2.75) is 18.6 Å². The van der Waals surface area contributed by atoms with Crippen molar-refractivity contribution in [1.29, 1.82) is 0 Å². The summed E-state index contributed by atoms with van der Waals surface area (Å²) in [5.41, 5.74) is 0.232. The van der Waals surface area contributed by atoms with Crippen LogP contribution in [0.1, 0.15) is 12.0 Å². The maximum Gasteiger partial charge on any atom is 0.161 e. The van der Waals surface area contributed by atoms with Gasteiger partial charge < -0.3 is 24.2 Å². The number of hydrogen-bond acceptors (Lipinski definition) is 8. The number of methoxy groups -OCH3 is 1. The zero-order chi connectivity index (χ0) is 24.0. The topological polar surface area (TPSA) is 70.5 Å². The van der Waals surface area contributed by atoms with Gasteiger partial charge in [-0.1, -0.05) is 6.07 Å². The molecule has 0 aliphatic carbocycles. The van der Waals surface area contributed by atoms with E-state index in [-0.39, 0.29) is 5.82 Å². The first-order chi connectivity index (χ1) is 16.4. The van der Waals surface area contributed by atoms with E-state index in [1.165, 1.54) is 12.3 Å². The van der Waals surface area contributed by atoms with Crippen LogP contribution in [0.25, 0.3) is 0 Å². The Hall–Kier alpha value is -2.46. The average Bonchev–Trinajstić information content (AvgIpc) is 3.22. The van der Waals surface area contributed by atoms with E-state index in [2.05, 4.69) is 14.8 Å². The van der Waals surface area contributed by atoms with Crippen LogP contribution in [-0.4, -0.2) is 98.7 Å². The molecule has 34 heavy (non-hydrogen) atoms. The quantitative estimate of drug-likeness (QED) is 0.561. The Bertz CT molecular complexity index is 926. The molecule has 0 amide bonds. The molecule has 1 atom stereocenters. The van der Waals surface area contributed by atoms with Crippen molar-refractivity contribution in [3.05, 3.63) is 47.9 Å². The number of ether oxygens (including phenoxy) is 3. The number of halogens is 1. The van der Waals surface area contributed by atoms with Crippen molar-refractivity contribution in [1.82, 2.24) is 14.8 Å². The molecule has 2 fully saturated rings. The summed E-state index contributed by atoms with van der Waals surface area (Å²) in [5.74, 6) is 1.77. The van der Waals surface area contributed by atoms with E-state index in [9.17, 15) is 9.50 Å². The van der Waals surface area contributed by atoms with Crippen molar-refractivity contribution >= 4 is 5.82 Å². The molecule has 3 heterocycles. The van der Waals surface area contributed by atoms with Crippen LogP contribution in [0.3, 0.4) is 0 Å². The van der Waals surface area contributed by atoms with Gasteiger partial charge in [0.2, 0.25) is 0 Å². The van der Waals surface area contributed by atoms with Crippen molar-refractivity contribution in [2.24, 2.45) is 0 Å². The van der Waals surface area contributed by atoms with Crippen molar-refractivity contribution in [3.8, 4) is 11.5 Å². The Morgan fingerprint density at radius 2 is 2.00 bits per heavy atom. The van der Waals surface area contributed by atoms with E-state index in [1.807, 2.05) is 30.1 Å². The van der Waals surface area contributed by atoms with Crippen LogP contribution in [0.15, 0.2) is 36.5 Å². The predicted octanol–water partition coefficient (Wildman–Crippen LogP) is 2.01. The monoisotopic (exact) mass is 474 g/mol. The van der Waals surface area contributed by atoms with E-state index >= 15 is 0 Å². The Morgan fingerprint density at radius 3 is 2.74 bits per heavy atom. The van der Waals surface area contributed by atoms with Gasteiger partial charge in [0.1, 0.15) is 18.2 Å². The van der Waals surface area contributed by atoms with Crippen LogP contribution in [-0.2, 0) is 11.3 Å². The molecular formula is C25H35FN4O4. The molecule has 2 aliphatic rings. The normalized spacial score (nSPS) is 21.3. The summed E-state index contributed by atoms with van der Waals surface area (Å²) in [6, 6.07) is 9.04. The highest BCUT2D eigenvalue weighted by Gasteiger charge is 2.37. The smallest absolute Gasteiger partial charge is 0.161 e. The van der Waals surface area contributed by atoms with E-state index < -0.39 is 5.60 Å². The molecule has 2 saturated heterocycles. The van der Waals surface area contributed by atoms with Gasteiger partial charge in [-0.25, -0.2) is 9.37 Å². The molecule has 2 aliphatic heterocycles. The van der Waals surface area contributed by atoms with Gasteiger partial charge in [-0.3, -0.25) is 9.80 Å². The summed E-state index contributed by atoms with van der Waals surface area (Å²) in [4.78, 5) is 10.6. The minimum Gasteiger partial charge on any atom is -0.493 e. The number of aliphatic hydroxyl groups is 1. The lowest BCUT2D eigenvalue weighted by Gasteiger charge is -2.29. The predicted molar refractivity (Wildman–Crippen MR) is 128 cm³/mol. The minimum absolute atomic E-state index is 0.359. The fraction of sp³-hybridized carbons (Fsp3) is 0.560. The van der Waals surface area contributed by atoms with Crippen LogP contribution in [0, 0.1) is 5.82 Å². The minimum atomic E-state index is -0.850. The second-order valence-corrected chi connectivity index (χ2v) is 9.19. The number of aromatic nitrogens is 1. The highest BCUT2D eigenvalue weighted by Crippen LogP contribution is 2.30. The molecule has 1 N–H and O–H groups in total. The molecule has 4 rings (SSSR count). The number of rotatable bonds is 10. The molecule has 1 aromatic heterocycles. The van der Waals surface area contributed by atoms with Gasteiger partial charge in [0.15, 0.2) is 11.5 Å². The van der Waals surface area contributed by atoms with Gasteiger partial charge in [0.05, 0.1) is 32.1 Å². The van der Waals surface area contributed by atoms with E-state index in [0.717, 1.165) is 44.2 Å². The number of pyridine rings is 1. The molecule has 8 nitrogen and oxygen atoms in total. The lowest BCUT2D eigenvalue weighted by Crippen LogP contribution is -2.43. The zero-order valence-corrected chi connectivity index (χ0v) is 20.1. The number of anilines is 1. The molecule has 9 heteroatoms. The van der Waals surface area contributed by atoms with E-state index in [0.29, 0.717) is 50.8 Å². The third-order valence-electron chi connectivity index (χ3n) is 6.38. The lowest BCUT2D eigenvalue weighted by molar-refractivity contribution is 0.0279. The van der Waals surface area contributed by atoms with Crippen LogP contribution in [0.2, 0.25) is 0 Å². The van der Waals surface area contributed by atoms with Crippen LogP contribution in [0.4, 0.5) is 10.2 Å². The summed E-state index contributed by atoms with van der Waals surface area (Å²) < 4.78 is 30.1. The van der Waals surface area contributed by atoms with Gasteiger partial charge in [-0.05, 0) is 43.3 Å². The van der Waals surface area contributed by atoms with Crippen molar-refractivity contribution in [3.63, 3.8) is 0 Å². The Kier molecular flexibility index (Phi) is 8.20. The molecule has 0 bridgehead atoms. The molecule has 2 aromatic rings. The van der Waals surface area contributed by atoms with E-state index in [1.54, 1.807) is 13.2 Å². The largest absolute Gasteiger partial charge is 0.493 e. The van der Waals surface area contributed by atoms with Crippen LogP contribution < -0.4 is 14.4 Å². The standard InChI is InChI=1S/C25H35FN4O4/c1-28(18-25(31)7-8-30(19-25)24-6-4-21(26)16-27-24)17-20-3-5-22(23(15-20)32-2)34-14-11-29-9-12-33-13-10-29/h3-6,15-16,31H,7-14,17-19H2,1-2H3/t25-/m1/s1. The summed E-state index contributed by atoms with van der Waals surface area (Å²) in [5, 5.41) is 11.1. The number of β-amino-alcohol motifs (C(OH)–C–C–N with tert-alkyl or cyclic N) is 1. The average molecular weight is 475 g/mol. The molecular weight excluding hydrogens is 439 g/mol. The van der Waals surface area contributed by atoms with Gasteiger partial charge in [0.25, 0.3) is 0 Å². The maximum atomic E-state index is 13.2. The number of morpholine rings is 1. The molecule has 0 spiro atoms. The molecule has 0 saturated carbocycles. The highest BCUT2D eigenvalue weighted by atomic mass is 19.1. The second kappa shape index (κ2) is 11.3. The Labute approximate surface area is 200 Å². The lowest BCUT2D eigenvalue weighted by atomic mass is 10.0. The number of likely N-dealkylation sites (N-methyl/N-ethyl adjacent to an activating group) is 1. The van der Waals surface area contributed by atoms with Crippen molar-refractivity contribution < 1.29 is 23.7 Å². The Balaban J connectivity index is 1.28. The van der Waals surface area contributed by atoms with Crippen LogP contribution >= 0.6 is 0 Å². The fourth-order valence-corrected chi connectivity index (χ4v) is 4.65. The van der Waals surface area contributed by atoms with Crippen LogP contribution in [0.5, 0.6) is 11.5 Å². The van der Waals surface area contributed by atoms with Gasteiger partial charge in [0, 0.05) is 45.8 Å². The zero-order valence-electron chi connectivity index (χ0n) is 20.1. The van der Waals surface area contributed by atoms with Gasteiger partial charge in [-0.2, -0.15) is 0 Å². The summed E-state index contributed by atoms with van der Waals surface area (Å²) >= 11 is 0.